The third-order valence-electron chi connectivity index (χ3n) is 5.79. The zero-order valence-electron chi connectivity index (χ0n) is 18.7. The van der Waals surface area contributed by atoms with Gasteiger partial charge in [-0.15, -0.1) is 11.3 Å². The highest BCUT2D eigenvalue weighted by Gasteiger charge is 2.24. The molecule has 0 aliphatic carbocycles. The summed E-state index contributed by atoms with van der Waals surface area (Å²) in [5, 5.41) is 3.66. The number of ether oxygens (including phenoxy) is 2. The van der Waals surface area contributed by atoms with Crippen LogP contribution in [0.4, 0.5) is 5.69 Å². The van der Waals surface area contributed by atoms with Crippen LogP contribution in [0.15, 0.2) is 30.3 Å². The predicted molar refractivity (Wildman–Crippen MR) is 126 cm³/mol. The lowest BCUT2D eigenvalue weighted by molar-refractivity contribution is 0.0607. The molecule has 0 spiro atoms. The van der Waals surface area contributed by atoms with Crippen molar-refractivity contribution in [2.45, 2.75) is 32.9 Å². The smallest absolute Gasteiger partial charge is 0.350 e. The second kappa shape index (κ2) is 9.36. The van der Waals surface area contributed by atoms with Gasteiger partial charge < -0.3 is 14.8 Å². The van der Waals surface area contributed by atoms with Crippen molar-refractivity contribution in [3.8, 4) is 0 Å². The van der Waals surface area contributed by atoms with Crippen molar-refractivity contribution < 1.29 is 19.1 Å². The van der Waals surface area contributed by atoms with Gasteiger partial charge in [-0.05, 0) is 51.1 Å². The van der Waals surface area contributed by atoms with Gasteiger partial charge in [-0.1, -0.05) is 17.7 Å². The molecule has 7 nitrogen and oxygen atoms in total. The normalized spacial score (nSPS) is 16.0. The number of benzene rings is 1. The number of carbonyl (C=O) groups excluding carboxylic acids is 2. The minimum Gasteiger partial charge on any atom is -0.465 e. The van der Waals surface area contributed by atoms with Crippen LogP contribution >= 0.6 is 11.3 Å². The molecule has 3 heterocycles. The quantitative estimate of drug-likeness (QED) is 0.564. The number of aromatic nitrogens is 1. The van der Waals surface area contributed by atoms with E-state index >= 15 is 0 Å². The van der Waals surface area contributed by atoms with Gasteiger partial charge >= 0.3 is 5.97 Å². The minimum atomic E-state index is -0.495. The Morgan fingerprint density at radius 3 is 2.78 bits per heavy atom. The van der Waals surface area contributed by atoms with E-state index in [1.165, 1.54) is 18.4 Å². The Kier molecular flexibility index (Phi) is 6.55. The number of nitrogens with zero attached hydrogens (tertiary/aromatic N) is 2. The number of amides is 1. The molecule has 168 valence electrons. The number of aryl methyl sites for hydroxylation is 2. The van der Waals surface area contributed by atoms with Crippen LogP contribution in [0.2, 0.25) is 0 Å². The standard InChI is InChI=1S/C24H27N3O4S/c1-14-5-7-18(15(2)11-14)22(28)26-20-19-8-6-16(12-27(3)17-9-10-31-13-17)25-23(19)32-21(20)24(29)30-4/h5-8,11,17H,9-10,12-13H2,1-4H3,(H,26,28). The maximum atomic E-state index is 13.0. The van der Waals surface area contributed by atoms with Crippen LogP contribution in [0.5, 0.6) is 0 Å². The van der Waals surface area contributed by atoms with Crippen molar-refractivity contribution in [3.05, 3.63) is 57.6 Å². The molecule has 1 fully saturated rings. The molecular formula is C24H27N3O4S. The average Bonchev–Trinajstić information content (AvgIpc) is 3.41. The summed E-state index contributed by atoms with van der Waals surface area (Å²) in [6.45, 7) is 6.09. The maximum Gasteiger partial charge on any atom is 0.350 e. The summed E-state index contributed by atoms with van der Waals surface area (Å²) in [7, 11) is 3.40. The van der Waals surface area contributed by atoms with E-state index in [2.05, 4.69) is 17.3 Å². The number of fused-ring (bicyclic) bond motifs is 1. The second-order valence-electron chi connectivity index (χ2n) is 8.16. The van der Waals surface area contributed by atoms with E-state index in [1.807, 2.05) is 38.1 Å². The molecule has 1 saturated heterocycles. The summed E-state index contributed by atoms with van der Waals surface area (Å²) in [5.74, 6) is -0.761. The summed E-state index contributed by atoms with van der Waals surface area (Å²) >= 11 is 1.23. The number of carbonyl (C=O) groups is 2. The van der Waals surface area contributed by atoms with E-state index in [4.69, 9.17) is 14.5 Å². The maximum absolute atomic E-state index is 13.0. The molecule has 32 heavy (non-hydrogen) atoms. The fourth-order valence-electron chi connectivity index (χ4n) is 3.97. The molecule has 8 heteroatoms. The summed E-state index contributed by atoms with van der Waals surface area (Å²) in [4.78, 5) is 33.5. The molecule has 1 N–H and O–H groups in total. The van der Waals surface area contributed by atoms with Crippen molar-refractivity contribution in [2.75, 3.05) is 32.7 Å². The van der Waals surface area contributed by atoms with Gasteiger partial charge in [0.1, 0.15) is 9.71 Å². The molecule has 1 aliphatic heterocycles. The van der Waals surface area contributed by atoms with Gasteiger partial charge in [-0.3, -0.25) is 9.69 Å². The van der Waals surface area contributed by atoms with Gasteiger partial charge in [0, 0.05) is 30.1 Å². The zero-order chi connectivity index (χ0) is 22.8. The van der Waals surface area contributed by atoms with E-state index in [0.29, 0.717) is 33.5 Å². The largest absolute Gasteiger partial charge is 0.465 e. The van der Waals surface area contributed by atoms with Crippen LogP contribution in [-0.2, 0) is 16.0 Å². The molecule has 0 saturated carbocycles. The van der Waals surface area contributed by atoms with Gasteiger partial charge in [0.2, 0.25) is 0 Å². The Hall–Kier alpha value is -2.81. The Morgan fingerprint density at radius 2 is 2.09 bits per heavy atom. The number of nitrogens with one attached hydrogen (secondary N) is 1. The molecule has 2 aromatic heterocycles. The number of rotatable bonds is 6. The van der Waals surface area contributed by atoms with Gasteiger partial charge in [-0.25, -0.2) is 9.78 Å². The van der Waals surface area contributed by atoms with Gasteiger partial charge in [0.15, 0.2) is 0 Å². The monoisotopic (exact) mass is 453 g/mol. The van der Waals surface area contributed by atoms with Crippen LogP contribution < -0.4 is 5.32 Å². The molecule has 0 radical (unpaired) electrons. The minimum absolute atomic E-state index is 0.266. The van der Waals surface area contributed by atoms with Crippen LogP contribution in [-0.4, -0.2) is 55.2 Å². The summed E-state index contributed by atoms with van der Waals surface area (Å²) in [5.41, 5.74) is 3.87. The number of hydrogen-bond acceptors (Lipinski definition) is 7. The first-order valence-electron chi connectivity index (χ1n) is 10.5. The van der Waals surface area contributed by atoms with Gasteiger partial charge in [0.05, 0.1) is 25.1 Å². The molecular weight excluding hydrogens is 426 g/mol. The number of pyridine rings is 1. The molecule has 0 bridgehead atoms. The molecule has 4 rings (SSSR count). The van der Waals surface area contributed by atoms with Crippen molar-refractivity contribution in [1.82, 2.24) is 9.88 Å². The Bertz CT molecular complexity index is 1170. The fraction of sp³-hybridized carbons (Fsp3) is 0.375. The number of anilines is 1. The first-order chi connectivity index (χ1) is 15.4. The van der Waals surface area contributed by atoms with Crippen LogP contribution in [0.3, 0.4) is 0 Å². The summed E-state index contributed by atoms with van der Waals surface area (Å²) in [6, 6.07) is 9.89. The van der Waals surface area contributed by atoms with Crippen molar-refractivity contribution >= 4 is 39.1 Å². The summed E-state index contributed by atoms with van der Waals surface area (Å²) in [6.07, 6.45) is 1.01. The lowest BCUT2D eigenvalue weighted by Gasteiger charge is -2.22. The number of methoxy groups -OCH3 is 1. The third kappa shape index (κ3) is 4.53. The first-order valence-corrected chi connectivity index (χ1v) is 11.4. The van der Waals surface area contributed by atoms with Crippen molar-refractivity contribution in [3.63, 3.8) is 0 Å². The number of thiophene rings is 1. The SMILES string of the molecule is COC(=O)c1sc2nc(CN(C)C3CCOC3)ccc2c1NC(=O)c1ccc(C)cc1C. The van der Waals surface area contributed by atoms with E-state index in [0.717, 1.165) is 41.8 Å². The second-order valence-corrected chi connectivity index (χ2v) is 9.16. The number of likely N-dealkylation sites (N-methyl/N-ethyl adjacent to an activating group) is 1. The van der Waals surface area contributed by atoms with E-state index in [1.54, 1.807) is 6.07 Å². The van der Waals surface area contributed by atoms with E-state index < -0.39 is 5.97 Å². The van der Waals surface area contributed by atoms with Gasteiger partial charge in [-0.2, -0.15) is 0 Å². The zero-order valence-corrected chi connectivity index (χ0v) is 19.5. The van der Waals surface area contributed by atoms with E-state index in [9.17, 15) is 9.59 Å². The molecule has 1 aliphatic rings. The number of hydrogen-bond donors (Lipinski definition) is 1. The highest BCUT2D eigenvalue weighted by molar-refractivity contribution is 7.21. The van der Waals surface area contributed by atoms with Crippen LogP contribution in [0.25, 0.3) is 10.2 Å². The Labute approximate surface area is 191 Å². The topological polar surface area (TPSA) is 80.8 Å². The Balaban J connectivity index is 1.65. The van der Waals surface area contributed by atoms with Crippen LogP contribution in [0, 0.1) is 13.8 Å². The predicted octanol–water partition coefficient (Wildman–Crippen LogP) is 4.17. The average molecular weight is 454 g/mol. The Morgan fingerprint density at radius 1 is 1.28 bits per heavy atom. The number of esters is 1. The third-order valence-corrected chi connectivity index (χ3v) is 6.87. The molecule has 1 aromatic carbocycles. The lowest BCUT2D eigenvalue weighted by Crippen LogP contribution is -2.31. The van der Waals surface area contributed by atoms with Crippen LogP contribution in [0.1, 0.15) is 43.3 Å². The highest BCUT2D eigenvalue weighted by Crippen LogP contribution is 2.36. The van der Waals surface area contributed by atoms with Crippen molar-refractivity contribution in [1.29, 1.82) is 0 Å². The fourth-order valence-corrected chi connectivity index (χ4v) is 5.03. The lowest BCUT2D eigenvalue weighted by atomic mass is 10.1. The van der Waals surface area contributed by atoms with Gasteiger partial charge in [0.25, 0.3) is 5.91 Å². The molecule has 1 amide bonds. The van der Waals surface area contributed by atoms with Crippen molar-refractivity contribution in [2.24, 2.45) is 0 Å². The summed E-state index contributed by atoms with van der Waals surface area (Å²) < 4.78 is 10.4. The first kappa shape index (κ1) is 22.4. The molecule has 3 aromatic rings. The molecule has 1 unspecified atom stereocenters. The highest BCUT2D eigenvalue weighted by atomic mass is 32.1. The van der Waals surface area contributed by atoms with E-state index in [-0.39, 0.29) is 5.91 Å². The molecule has 1 atom stereocenters.